The first-order valence-electron chi connectivity index (χ1n) is 5.51. The van der Waals surface area contributed by atoms with Crippen LogP contribution in [0, 0.1) is 5.92 Å². The average Bonchev–Trinajstić information content (AvgIpc) is 2.26. The Bertz CT molecular complexity index is 442. The summed E-state index contributed by atoms with van der Waals surface area (Å²) in [4.78, 5) is 0. The minimum Gasteiger partial charge on any atom is -0.396 e. The molecule has 1 N–H and O–H groups in total. The Morgan fingerprint density at radius 2 is 1.88 bits per heavy atom. The van der Waals surface area contributed by atoms with E-state index in [0.29, 0.717) is 19.5 Å². The van der Waals surface area contributed by atoms with Crippen LogP contribution in [0.25, 0.3) is 0 Å². The van der Waals surface area contributed by atoms with Gasteiger partial charge in [-0.25, -0.2) is 21.1 Å². The van der Waals surface area contributed by atoms with Gasteiger partial charge in [0.25, 0.3) is 0 Å². The Kier molecular flexibility index (Phi) is 4.94. The van der Waals surface area contributed by atoms with Gasteiger partial charge in [0.15, 0.2) is 0 Å². The lowest BCUT2D eigenvalue weighted by Gasteiger charge is -2.30. The summed E-state index contributed by atoms with van der Waals surface area (Å²) in [6, 6.07) is 0. The highest BCUT2D eigenvalue weighted by molar-refractivity contribution is 7.93. The molecule has 1 unspecified atom stereocenters. The molecule has 102 valence electrons. The Morgan fingerprint density at radius 1 is 1.24 bits per heavy atom. The van der Waals surface area contributed by atoms with Crippen molar-refractivity contribution in [1.29, 1.82) is 0 Å². The van der Waals surface area contributed by atoms with Crippen LogP contribution in [0.15, 0.2) is 0 Å². The fraction of sp³-hybridized carbons (Fsp3) is 1.00. The van der Waals surface area contributed by atoms with Gasteiger partial charge < -0.3 is 5.11 Å². The van der Waals surface area contributed by atoms with Crippen LogP contribution in [0.1, 0.15) is 12.8 Å². The molecule has 8 heteroatoms. The Balaban J connectivity index is 2.64. The molecule has 0 aromatic rings. The number of aliphatic hydroxyl groups excluding tert-OH is 1. The van der Waals surface area contributed by atoms with Gasteiger partial charge in [0.2, 0.25) is 10.0 Å². The van der Waals surface area contributed by atoms with Gasteiger partial charge in [-0.1, -0.05) is 0 Å². The zero-order valence-electron chi connectivity index (χ0n) is 9.87. The Morgan fingerprint density at radius 3 is 2.41 bits per heavy atom. The highest BCUT2D eigenvalue weighted by Crippen LogP contribution is 2.18. The fourth-order valence-corrected chi connectivity index (χ4v) is 4.97. The van der Waals surface area contributed by atoms with Crippen molar-refractivity contribution in [2.75, 3.05) is 37.5 Å². The number of piperidine rings is 1. The van der Waals surface area contributed by atoms with Gasteiger partial charge in [-0.3, -0.25) is 0 Å². The van der Waals surface area contributed by atoms with E-state index in [0.717, 1.165) is 12.7 Å². The van der Waals surface area contributed by atoms with Crippen molar-refractivity contribution in [2.45, 2.75) is 12.8 Å². The van der Waals surface area contributed by atoms with E-state index in [9.17, 15) is 16.8 Å². The summed E-state index contributed by atoms with van der Waals surface area (Å²) in [5, 5.41) is 9.02. The van der Waals surface area contributed by atoms with E-state index in [-0.39, 0.29) is 24.0 Å². The minimum absolute atomic E-state index is 0.0297. The summed E-state index contributed by atoms with van der Waals surface area (Å²) >= 11 is 0. The molecule has 1 saturated heterocycles. The Labute approximate surface area is 103 Å². The van der Waals surface area contributed by atoms with Crippen molar-refractivity contribution >= 4 is 19.9 Å². The molecule has 17 heavy (non-hydrogen) atoms. The highest BCUT2D eigenvalue weighted by Gasteiger charge is 2.29. The second-order valence-electron chi connectivity index (χ2n) is 4.49. The molecule has 0 saturated carbocycles. The van der Waals surface area contributed by atoms with Crippen molar-refractivity contribution in [3.63, 3.8) is 0 Å². The SMILES string of the molecule is CS(=O)(=O)CCS(=O)(=O)N1CCCC(CO)C1. The molecular formula is C9H19NO5S2. The van der Waals surface area contributed by atoms with Gasteiger partial charge in [-0.05, 0) is 18.8 Å². The first kappa shape index (κ1) is 14.9. The number of sulfone groups is 1. The van der Waals surface area contributed by atoms with Crippen LogP contribution in [0.5, 0.6) is 0 Å². The van der Waals surface area contributed by atoms with E-state index in [1.165, 1.54) is 4.31 Å². The highest BCUT2D eigenvalue weighted by atomic mass is 32.2. The van der Waals surface area contributed by atoms with E-state index in [1.807, 2.05) is 0 Å². The van der Waals surface area contributed by atoms with Crippen LogP contribution in [0.4, 0.5) is 0 Å². The van der Waals surface area contributed by atoms with Gasteiger partial charge in [-0.15, -0.1) is 0 Å². The molecule has 6 nitrogen and oxygen atoms in total. The zero-order chi connectivity index (χ0) is 13.1. The number of hydrogen-bond acceptors (Lipinski definition) is 5. The van der Waals surface area contributed by atoms with Crippen LogP contribution in [-0.2, 0) is 19.9 Å². The maximum Gasteiger partial charge on any atom is 0.215 e. The predicted molar refractivity (Wildman–Crippen MR) is 64.9 cm³/mol. The van der Waals surface area contributed by atoms with E-state index in [1.54, 1.807) is 0 Å². The molecule has 0 aromatic carbocycles. The van der Waals surface area contributed by atoms with Crippen LogP contribution in [0.2, 0.25) is 0 Å². The summed E-state index contributed by atoms with van der Waals surface area (Å²) < 4.78 is 47.0. The summed E-state index contributed by atoms with van der Waals surface area (Å²) in [7, 11) is -6.79. The quantitative estimate of drug-likeness (QED) is 0.704. The molecule has 1 aliphatic heterocycles. The third-order valence-electron chi connectivity index (χ3n) is 2.85. The molecule has 1 rings (SSSR count). The topological polar surface area (TPSA) is 91.8 Å². The van der Waals surface area contributed by atoms with Crippen molar-refractivity contribution in [3.05, 3.63) is 0 Å². The first-order valence-corrected chi connectivity index (χ1v) is 9.18. The number of sulfonamides is 1. The normalized spacial score (nSPS) is 23.8. The summed E-state index contributed by atoms with van der Waals surface area (Å²) in [5.74, 6) is -0.753. The van der Waals surface area contributed by atoms with Crippen LogP contribution >= 0.6 is 0 Å². The molecule has 1 fully saturated rings. The van der Waals surface area contributed by atoms with E-state index in [4.69, 9.17) is 5.11 Å². The number of hydrogen-bond donors (Lipinski definition) is 1. The lowest BCUT2D eigenvalue weighted by atomic mass is 10.0. The van der Waals surface area contributed by atoms with E-state index in [2.05, 4.69) is 0 Å². The molecule has 0 amide bonds. The van der Waals surface area contributed by atoms with Crippen molar-refractivity contribution in [3.8, 4) is 0 Å². The second kappa shape index (κ2) is 5.64. The van der Waals surface area contributed by atoms with Gasteiger partial charge >= 0.3 is 0 Å². The van der Waals surface area contributed by atoms with Crippen molar-refractivity contribution in [2.24, 2.45) is 5.92 Å². The molecule has 1 atom stereocenters. The van der Waals surface area contributed by atoms with Gasteiger partial charge in [0.05, 0.1) is 11.5 Å². The molecule has 1 aliphatic rings. The smallest absolute Gasteiger partial charge is 0.215 e. The summed E-state index contributed by atoms with van der Waals surface area (Å²) in [6.07, 6.45) is 2.55. The van der Waals surface area contributed by atoms with Crippen molar-refractivity contribution < 1.29 is 21.9 Å². The first-order chi connectivity index (χ1) is 7.74. The fourth-order valence-electron chi connectivity index (χ4n) is 1.81. The standard InChI is InChI=1S/C9H19NO5S2/c1-16(12,13)5-6-17(14,15)10-4-2-3-9(7-10)8-11/h9,11H,2-8H2,1H3. The van der Waals surface area contributed by atoms with Gasteiger partial charge in [0, 0.05) is 26.0 Å². The largest absolute Gasteiger partial charge is 0.396 e. The Hall–Kier alpha value is -0.180. The second-order valence-corrected chi connectivity index (χ2v) is 8.84. The monoisotopic (exact) mass is 285 g/mol. The lowest BCUT2D eigenvalue weighted by Crippen LogP contribution is -2.42. The van der Waals surface area contributed by atoms with Crippen molar-refractivity contribution in [1.82, 2.24) is 4.31 Å². The summed E-state index contributed by atoms with van der Waals surface area (Å²) in [6.45, 7) is 0.684. The van der Waals surface area contributed by atoms with Gasteiger partial charge in [0.1, 0.15) is 9.84 Å². The summed E-state index contributed by atoms with van der Waals surface area (Å²) in [5.41, 5.74) is 0. The molecule has 1 heterocycles. The van der Waals surface area contributed by atoms with Crippen LogP contribution in [-0.4, -0.2) is 63.7 Å². The predicted octanol–water partition coefficient (Wildman–Crippen LogP) is -0.935. The third-order valence-corrected chi connectivity index (χ3v) is 5.89. The average molecular weight is 285 g/mol. The molecule has 0 bridgehead atoms. The minimum atomic E-state index is -3.52. The van der Waals surface area contributed by atoms with E-state index < -0.39 is 19.9 Å². The van der Waals surface area contributed by atoms with Crippen LogP contribution in [0.3, 0.4) is 0 Å². The molecule has 0 aromatic heterocycles. The number of aliphatic hydroxyl groups is 1. The van der Waals surface area contributed by atoms with Gasteiger partial charge in [-0.2, -0.15) is 0 Å². The molecule has 0 spiro atoms. The molecule has 0 aliphatic carbocycles. The number of rotatable bonds is 5. The molecular weight excluding hydrogens is 266 g/mol. The zero-order valence-corrected chi connectivity index (χ0v) is 11.5. The maximum atomic E-state index is 11.9. The maximum absolute atomic E-state index is 11.9. The number of nitrogens with zero attached hydrogens (tertiary/aromatic N) is 1. The van der Waals surface area contributed by atoms with Crippen LogP contribution < -0.4 is 0 Å². The van der Waals surface area contributed by atoms with E-state index >= 15 is 0 Å². The lowest BCUT2D eigenvalue weighted by molar-refractivity contribution is 0.165. The third kappa shape index (κ3) is 4.90. The molecule has 0 radical (unpaired) electrons.